The van der Waals surface area contributed by atoms with E-state index in [0.29, 0.717) is 28.8 Å². The summed E-state index contributed by atoms with van der Waals surface area (Å²) in [6.45, 7) is 0.470. The summed E-state index contributed by atoms with van der Waals surface area (Å²) in [6, 6.07) is 18.8. The summed E-state index contributed by atoms with van der Waals surface area (Å²) in [5.41, 5.74) is 9.11. The Kier molecular flexibility index (Phi) is 4.30. The van der Waals surface area contributed by atoms with Gasteiger partial charge in [-0.1, -0.05) is 48.5 Å². The van der Waals surface area contributed by atoms with Gasteiger partial charge in [0.2, 0.25) is 0 Å². The minimum Gasteiger partial charge on any atom is -0.326 e. The summed E-state index contributed by atoms with van der Waals surface area (Å²) in [4.78, 5) is 26.0. The summed E-state index contributed by atoms with van der Waals surface area (Å²) < 4.78 is 14.6. The average molecular weight is 360 g/mol. The van der Waals surface area contributed by atoms with Crippen LogP contribution in [0, 0.1) is 5.82 Å². The van der Waals surface area contributed by atoms with Crippen LogP contribution in [0.25, 0.3) is 11.1 Å². The van der Waals surface area contributed by atoms with Crippen molar-refractivity contribution in [2.24, 2.45) is 5.73 Å². The molecule has 0 atom stereocenters. The number of imide groups is 1. The molecule has 4 rings (SSSR count). The first-order chi connectivity index (χ1) is 13.1. The Morgan fingerprint density at radius 2 is 1.37 bits per heavy atom. The number of carbonyl (C=O) groups excluding carboxylic acids is 2. The van der Waals surface area contributed by atoms with Crippen LogP contribution >= 0.6 is 0 Å². The molecule has 1 heterocycles. The Morgan fingerprint density at radius 3 is 1.93 bits per heavy atom. The fraction of sp³-hybridized carbons (Fsp3) is 0.0909. The van der Waals surface area contributed by atoms with Crippen LogP contribution in [0.5, 0.6) is 0 Å². The van der Waals surface area contributed by atoms with Crippen molar-refractivity contribution in [3.8, 4) is 11.1 Å². The SMILES string of the molecule is NCc1ccc(-c2ccc(CN3C(=O)c4ccccc4C3=O)cc2F)cc1. The van der Waals surface area contributed by atoms with Crippen molar-refractivity contribution >= 4 is 11.8 Å². The van der Waals surface area contributed by atoms with Crippen molar-refractivity contribution in [2.45, 2.75) is 13.1 Å². The van der Waals surface area contributed by atoms with Gasteiger partial charge in [0.25, 0.3) is 11.8 Å². The van der Waals surface area contributed by atoms with Crippen LogP contribution in [0.1, 0.15) is 31.8 Å². The molecule has 134 valence electrons. The molecule has 0 spiro atoms. The zero-order valence-electron chi connectivity index (χ0n) is 14.5. The van der Waals surface area contributed by atoms with Crippen LogP contribution in [0.15, 0.2) is 66.7 Å². The van der Waals surface area contributed by atoms with E-state index in [1.807, 2.05) is 24.3 Å². The predicted octanol–water partition coefficient (Wildman–Crippen LogP) is 3.75. The number of halogens is 1. The second-order valence-electron chi connectivity index (χ2n) is 6.46. The zero-order chi connectivity index (χ0) is 19.0. The van der Waals surface area contributed by atoms with E-state index >= 15 is 0 Å². The van der Waals surface area contributed by atoms with Crippen LogP contribution < -0.4 is 5.73 Å². The van der Waals surface area contributed by atoms with E-state index in [0.717, 1.165) is 16.0 Å². The highest BCUT2D eigenvalue weighted by molar-refractivity contribution is 6.21. The molecule has 27 heavy (non-hydrogen) atoms. The van der Waals surface area contributed by atoms with Gasteiger partial charge in [0.15, 0.2) is 0 Å². The van der Waals surface area contributed by atoms with Crippen molar-refractivity contribution in [2.75, 3.05) is 0 Å². The van der Waals surface area contributed by atoms with E-state index in [-0.39, 0.29) is 18.4 Å². The van der Waals surface area contributed by atoms with Gasteiger partial charge in [-0.25, -0.2) is 4.39 Å². The molecular weight excluding hydrogens is 343 g/mol. The molecule has 2 amide bonds. The maximum absolute atomic E-state index is 14.6. The molecule has 0 saturated carbocycles. The van der Waals surface area contributed by atoms with Gasteiger partial charge < -0.3 is 5.73 Å². The van der Waals surface area contributed by atoms with E-state index in [1.165, 1.54) is 6.07 Å². The minimum absolute atomic E-state index is 0.0374. The van der Waals surface area contributed by atoms with Gasteiger partial charge in [0.05, 0.1) is 17.7 Å². The molecule has 0 aliphatic carbocycles. The molecule has 3 aromatic rings. The summed E-state index contributed by atoms with van der Waals surface area (Å²) in [6.07, 6.45) is 0. The van der Waals surface area contributed by atoms with E-state index in [9.17, 15) is 14.0 Å². The number of nitrogens with two attached hydrogens (primary N) is 1. The molecule has 2 N–H and O–H groups in total. The summed E-state index contributed by atoms with van der Waals surface area (Å²) in [5.74, 6) is -1.10. The fourth-order valence-corrected chi connectivity index (χ4v) is 3.28. The molecule has 3 aromatic carbocycles. The lowest BCUT2D eigenvalue weighted by Gasteiger charge is -2.15. The van der Waals surface area contributed by atoms with Gasteiger partial charge in [-0.05, 0) is 34.9 Å². The van der Waals surface area contributed by atoms with Crippen LogP contribution in [0.4, 0.5) is 4.39 Å². The second-order valence-corrected chi connectivity index (χ2v) is 6.46. The third-order valence-electron chi connectivity index (χ3n) is 4.75. The lowest BCUT2D eigenvalue weighted by atomic mass is 10.0. The number of hydrogen-bond acceptors (Lipinski definition) is 3. The minimum atomic E-state index is -0.399. The molecule has 0 aromatic heterocycles. The van der Waals surface area contributed by atoms with Crippen LogP contribution in [0.2, 0.25) is 0 Å². The quantitative estimate of drug-likeness (QED) is 0.721. The Labute approximate surface area is 156 Å². The Bertz CT molecular complexity index is 1010. The third-order valence-corrected chi connectivity index (χ3v) is 4.75. The van der Waals surface area contributed by atoms with Crippen molar-refractivity contribution in [3.05, 3.63) is 94.8 Å². The first kappa shape index (κ1) is 17.1. The molecule has 4 nitrogen and oxygen atoms in total. The number of hydrogen-bond donors (Lipinski definition) is 1. The average Bonchev–Trinajstić information content (AvgIpc) is 2.93. The van der Waals surface area contributed by atoms with Crippen molar-refractivity contribution < 1.29 is 14.0 Å². The molecule has 0 unspecified atom stereocenters. The normalized spacial score (nSPS) is 13.2. The van der Waals surface area contributed by atoms with Crippen LogP contribution in [0.3, 0.4) is 0 Å². The smallest absolute Gasteiger partial charge is 0.261 e. The maximum atomic E-state index is 14.6. The van der Waals surface area contributed by atoms with Gasteiger partial charge >= 0.3 is 0 Å². The number of nitrogens with zero attached hydrogens (tertiary/aromatic N) is 1. The van der Waals surface area contributed by atoms with E-state index < -0.39 is 5.82 Å². The Morgan fingerprint density at radius 1 is 0.778 bits per heavy atom. The second kappa shape index (κ2) is 6.78. The van der Waals surface area contributed by atoms with Gasteiger partial charge in [-0.2, -0.15) is 0 Å². The van der Waals surface area contributed by atoms with Gasteiger partial charge in [0.1, 0.15) is 5.82 Å². The van der Waals surface area contributed by atoms with E-state index in [2.05, 4.69) is 0 Å². The standard InChI is InChI=1S/C22H17FN2O2/c23-20-11-15(7-10-17(20)16-8-5-14(12-24)6-9-16)13-25-21(26)18-3-1-2-4-19(18)22(25)27/h1-11H,12-13,24H2. The first-order valence-corrected chi connectivity index (χ1v) is 8.61. The third kappa shape index (κ3) is 3.02. The molecule has 0 fully saturated rings. The molecule has 1 aliphatic heterocycles. The summed E-state index contributed by atoms with van der Waals surface area (Å²) >= 11 is 0. The van der Waals surface area contributed by atoms with Crippen molar-refractivity contribution in [3.63, 3.8) is 0 Å². The van der Waals surface area contributed by atoms with E-state index in [4.69, 9.17) is 5.73 Å². The van der Waals surface area contributed by atoms with Gasteiger partial charge in [-0.15, -0.1) is 0 Å². The summed E-state index contributed by atoms with van der Waals surface area (Å²) in [5, 5.41) is 0. The molecular formula is C22H17FN2O2. The highest BCUT2D eigenvalue weighted by Gasteiger charge is 2.35. The van der Waals surface area contributed by atoms with Crippen LogP contribution in [-0.2, 0) is 13.1 Å². The number of amides is 2. The largest absolute Gasteiger partial charge is 0.326 e. The number of rotatable bonds is 4. The highest BCUT2D eigenvalue weighted by Crippen LogP contribution is 2.27. The van der Waals surface area contributed by atoms with Gasteiger partial charge in [-0.3, -0.25) is 14.5 Å². The number of fused-ring (bicyclic) bond motifs is 1. The van der Waals surface area contributed by atoms with Gasteiger partial charge in [0, 0.05) is 12.1 Å². The molecule has 5 heteroatoms. The monoisotopic (exact) mass is 360 g/mol. The topological polar surface area (TPSA) is 63.4 Å². The highest BCUT2D eigenvalue weighted by atomic mass is 19.1. The Balaban J connectivity index is 1.58. The number of benzene rings is 3. The Hall–Kier alpha value is -3.31. The predicted molar refractivity (Wildman–Crippen MR) is 100 cm³/mol. The molecule has 0 saturated heterocycles. The summed E-state index contributed by atoms with van der Waals surface area (Å²) in [7, 11) is 0. The molecule has 0 radical (unpaired) electrons. The molecule has 0 bridgehead atoms. The lowest BCUT2D eigenvalue weighted by Crippen LogP contribution is -2.29. The zero-order valence-corrected chi connectivity index (χ0v) is 14.5. The fourth-order valence-electron chi connectivity index (χ4n) is 3.28. The van der Waals surface area contributed by atoms with Crippen molar-refractivity contribution in [1.82, 2.24) is 4.90 Å². The first-order valence-electron chi connectivity index (χ1n) is 8.61. The number of carbonyl (C=O) groups is 2. The van der Waals surface area contributed by atoms with Crippen molar-refractivity contribution in [1.29, 1.82) is 0 Å². The maximum Gasteiger partial charge on any atom is 0.261 e. The lowest BCUT2D eigenvalue weighted by molar-refractivity contribution is 0.0642. The van der Waals surface area contributed by atoms with Crippen LogP contribution in [-0.4, -0.2) is 16.7 Å². The van der Waals surface area contributed by atoms with E-state index in [1.54, 1.807) is 36.4 Å². The molecule has 1 aliphatic rings.